The van der Waals surface area contributed by atoms with E-state index >= 15 is 0 Å². The van der Waals surface area contributed by atoms with Gasteiger partial charge < -0.3 is 5.73 Å². The van der Waals surface area contributed by atoms with Gasteiger partial charge in [-0.2, -0.15) is 0 Å². The van der Waals surface area contributed by atoms with Gasteiger partial charge in [-0.15, -0.1) is 11.3 Å². The minimum Gasteiger partial charge on any atom is -0.329 e. The molecule has 2 aromatic rings. The van der Waals surface area contributed by atoms with Crippen molar-refractivity contribution >= 4 is 11.3 Å². The second-order valence-electron chi connectivity index (χ2n) is 5.61. The molecule has 1 aromatic heterocycles. The molecule has 0 radical (unpaired) electrons. The average Bonchev–Trinajstić information content (AvgIpc) is 2.95. The van der Waals surface area contributed by atoms with Gasteiger partial charge >= 0.3 is 0 Å². The third-order valence-corrected chi connectivity index (χ3v) is 4.79. The molecule has 0 saturated carbocycles. The quantitative estimate of drug-likeness (QED) is 0.814. The van der Waals surface area contributed by atoms with E-state index in [1.807, 2.05) is 17.5 Å². The minimum atomic E-state index is 0.559. The number of benzene rings is 1. The van der Waals surface area contributed by atoms with Crippen LogP contribution in [0.15, 0.2) is 36.5 Å². The van der Waals surface area contributed by atoms with Crippen molar-refractivity contribution in [2.75, 3.05) is 19.6 Å². The highest BCUT2D eigenvalue weighted by atomic mass is 32.1. The molecule has 114 valence electrons. The molecule has 0 aliphatic rings. The Hall–Kier alpha value is -1.23. The van der Waals surface area contributed by atoms with Crippen LogP contribution in [0, 0.1) is 0 Å². The maximum absolute atomic E-state index is 5.75. The van der Waals surface area contributed by atoms with Crippen LogP contribution in [0.2, 0.25) is 0 Å². The summed E-state index contributed by atoms with van der Waals surface area (Å²) in [6.07, 6.45) is 3.08. The molecule has 0 aliphatic carbocycles. The van der Waals surface area contributed by atoms with E-state index in [0.29, 0.717) is 12.5 Å². The first-order valence-electron chi connectivity index (χ1n) is 7.60. The number of rotatable bonds is 8. The van der Waals surface area contributed by atoms with Gasteiger partial charge in [0.2, 0.25) is 0 Å². The van der Waals surface area contributed by atoms with Crippen molar-refractivity contribution in [3.05, 3.63) is 52.0 Å². The summed E-state index contributed by atoms with van der Waals surface area (Å²) in [5.74, 6) is 0.559. The highest BCUT2D eigenvalue weighted by molar-refractivity contribution is 7.11. The predicted molar refractivity (Wildman–Crippen MR) is 90.7 cm³/mol. The topological polar surface area (TPSA) is 42.2 Å². The first-order chi connectivity index (χ1) is 10.2. The highest BCUT2D eigenvalue weighted by Gasteiger charge is 2.10. The van der Waals surface area contributed by atoms with Crippen molar-refractivity contribution in [1.29, 1.82) is 0 Å². The van der Waals surface area contributed by atoms with Crippen molar-refractivity contribution in [2.24, 2.45) is 5.73 Å². The number of hydrogen-bond donors (Lipinski definition) is 1. The molecule has 2 rings (SSSR count). The van der Waals surface area contributed by atoms with E-state index in [9.17, 15) is 0 Å². The smallest absolute Gasteiger partial charge is 0.107 e. The van der Waals surface area contributed by atoms with Crippen molar-refractivity contribution in [1.82, 2.24) is 9.88 Å². The standard InChI is InChI=1S/C17H25N3S/c1-14(2)16-12-19-17(21-16)13-20(11-9-18)10-8-15-6-4-3-5-7-15/h3-7,12,14H,8-11,13,18H2,1-2H3. The Morgan fingerprint density at radius 3 is 2.57 bits per heavy atom. The fraction of sp³-hybridized carbons (Fsp3) is 0.471. The van der Waals surface area contributed by atoms with E-state index in [0.717, 1.165) is 26.1 Å². The molecule has 0 bridgehead atoms. The third kappa shape index (κ3) is 5.23. The zero-order valence-corrected chi connectivity index (χ0v) is 13.8. The van der Waals surface area contributed by atoms with Crippen LogP contribution in [0.5, 0.6) is 0 Å². The fourth-order valence-corrected chi connectivity index (χ4v) is 3.21. The number of nitrogens with zero attached hydrogens (tertiary/aromatic N) is 2. The lowest BCUT2D eigenvalue weighted by Crippen LogP contribution is -2.31. The molecule has 0 spiro atoms. The first-order valence-corrected chi connectivity index (χ1v) is 8.41. The summed E-state index contributed by atoms with van der Waals surface area (Å²) in [6, 6.07) is 10.6. The molecular weight excluding hydrogens is 278 g/mol. The molecule has 0 saturated heterocycles. The van der Waals surface area contributed by atoms with Gasteiger partial charge in [-0.05, 0) is 17.9 Å². The van der Waals surface area contributed by atoms with Crippen molar-refractivity contribution < 1.29 is 0 Å². The van der Waals surface area contributed by atoms with Crippen LogP contribution in [0.1, 0.15) is 35.2 Å². The molecule has 21 heavy (non-hydrogen) atoms. The van der Waals surface area contributed by atoms with Crippen LogP contribution in [0.4, 0.5) is 0 Å². The molecule has 0 fully saturated rings. The Morgan fingerprint density at radius 2 is 1.95 bits per heavy atom. The van der Waals surface area contributed by atoms with E-state index in [4.69, 9.17) is 5.73 Å². The normalized spacial score (nSPS) is 11.5. The number of nitrogens with two attached hydrogens (primary N) is 1. The van der Waals surface area contributed by atoms with Gasteiger partial charge in [-0.1, -0.05) is 44.2 Å². The van der Waals surface area contributed by atoms with E-state index < -0.39 is 0 Å². The lowest BCUT2D eigenvalue weighted by atomic mass is 10.1. The summed E-state index contributed by atoms with van der Waals surface area (Å²) in [7, 11) is 0. The summed E-state index contributed by atoms with van der Waals surface area (Å²) < 4.78 is 0. The number of thiazole rings is 1. The van der Waals surface area contributed by atoms with Gasteiger partial charge in [-0.25, -0.2) is 4.98 Å². The number of hydrogen-bond acceptors (Lipinski definition) is 4. The minimum absolute atomic E-state index is 0.559. The molecule has 1 aromatic carbocycles. The van der Waals surface area contributed by atoms with Gasteiger partial charge in [0.25, 0.3) is 0 Å². The van der Waals surface area contributed by atoms with Crippen LogP contribution in [0.25, 0.3) is 0 Å². The molecule has 0 amide bonds. The summed E-state index contributed by atoms with van der Waals surface area (Å²) in [5, 5.41) is 1.19. The first kappa shape index (κ1) is 16.1. The van der Waals surface area contributed by atoms with E-state index in [-0.39, 0.29) is 0 Å². The third-order valence-electron chi connectivity index (χ3n) is 3.50. The molecule has 2 N–H and O–H groups in total. The van der Waals surface area contributed by atoms with E-state index in [2.05, 4.69) is 54.1 Å². The second kappa shape index (κ2) is 8.27. The zero-order valence-electron chi connectivity index (χ0n) is 13.0. The van der Waals surface area contributed by atoms with Gasteiger partial charge in [0.1, 0.15) is 5.01 Å². The second-order valence-corrected chi connectivity index (χ2v) is 6.76. The molecule has 4 heteroatoms. The molecule has 0 unspecified atom stereocenters. The average molecular weight is 303 g/mol. The Labute approximate surface area is 131 Å². The maximum atomic E-state index is 5.75. The van der Waals surface area contributed by atoms with Gasteiger partial charge in [0.15, 0.2) is 0 Å². The molecular formula is C17H25N3S. The van der Waals surface area contributed by atoms with Crippen LogP contribution >= 0.6 is 11.3 Å². The van der Waals surface area contributed by atoms with Gasteiger partial charge in [-0.3, -0.25) is 4.90 Å². The SMILES string of the molecule is CC(C)c1cnc(CN(CCN)CCc2ccccc2)s1. The Kier molecular flexibility index (Phi) is 6.36. The van der Waals surface area contributed by atoms with Crippen LogP contribution in [-0.4, -0.2) is 29.5 Å². The Morgan fingerprint density at radius 1 is 1.19 bits per heavy atom. The summed E-state index contributed by atoms with van der Waals surface area (Å²) in [6.45, 7) is 7.97. The summed E-state index contributed by atoms with van der Waals surface area (Å²) in [4.78, 5) is 8.31. The fourth-order valence-electron chi connectivity index (χ4n) is 2.24. The van der Waals surface area contributed by atoms with Gasteiger partial charge in [0, 0.05) is 30.7 Å². The Balaban J connectivity index is 1.91. The van der Waals surface area contributed by atoms with Crippen LogP contribution in [0.3, 0.4) is 0 Å². The van der Waals surface area contributed by atoms with Crippen LogP contribution < -0.4 is 5.73 Å². The maximum Gasteiger partial charge on any atom is 0.107 e. The van der Waals surface area contributed by atoms with Gasteiger partial charge in [0.05, 0.1) is 6.54 Å². The van der Waals surface area contributed by atoms with Crippen molar-refractivity contribution in [3.63, 3.8) is 0 Å². The van der Waals surface area contributed by atoms with Crippen LogP contribution in [-0.2, 0) is 13.0 Å². The van der Waals surface area contributed by atoms with E-state index in [1.54, 1.807) is 0 Å². The summed E-state index contributed by atoms with van der Waals surface area (Å²) in [5.41, 5.74) is 7.12. The monoisotopic (exact) mass is 303 g/mol. The molecule has 0 aliphatic heterocycles. The Bertz CT molecular complexity index is 522. The van der Waals surface area contributed by atoms with E-state index in [1.165, 1.54) is 15.4 Å². The molecule has 1 heterocycles. The lowest BCUT2D eigenvalue weighted by molar-refractivity contribution is 0.276. The molecule has 0 atom stereocenters. The largest absolute Gasteiger partial charge is 0.329 e. The number of aromatic nitrogens is 1. The summed E-state index contributed by atoms with van der Waals surface area (Å²) >= 11 is 1.82. The van der Waals surface area contributed by atoms with Crippen molar-refractivity contribution in [3.8, 4) is 0 Å². The lowest BCUT2D eigenvalue weighted by Gasteiger charge is -2.20. The highest BCUT2D eigenvalue weighted by Crippen LogP contribution is 2.22. The van der Waals surface area contributed by atoms with Crippen molar-refractivity contribution in [2.45, 2.75) is 32.7 Å². The molecule has 3 nitrogen and oxygen atoms in total. The zero-order chi connectivity index (χ0) is 15.1. The predicted octanol–water partition coefficient (Wildman–Crippen LogP) is 3.27.